The first-order chi connectivity index (χ1) is 29.3. The molecule has 0 aromatic heterocycles. The van der Waals surface area contributed by atoms with E-state index < -0.39 is 70.9 Å². The third-order valence-corrected chi connectivity index (χ3v) is 10.3. The highest BCUT2D eigenvalue weighted by Crippen LogP contribution is 2.44. The van der Waals surface area contributed by atoms with Gasteiger partial charge < -0.3 is 33.7 Å². The number of fused-ring (bicyclic) bond motifs is 3. The molecule has 2 amide bonds. The molecule has 4 aromatic carbocycles. The van der Waals surface area contributed by atoms with Crippen LogP contribution in [0.5, 0.6) is 11.5 Å². The van der Waals surface area contributed by atoms with Crippen molar-refractivity contribution in [2.45, 2.75) is 25.2 Å². The molecule has 0 bridgehead atoms. The Balaban J connectivity index is 1.03. The summed E-state index contributed by atoms with van der Waals surface area (Å²) in [5.41, 5.74) is 3.88. The summed E-state index contributed by atoms with van der Waals surface area (Å²) in [6.07, 6.45) is -3.16. The van der Waals surface area contributed by atoms with Crippen molar-refractivity contribution in [3.63, 3.8) is 0 Å². The first-order valence-corrected chi connectivity index (χ1v) is 20.0. The number of nitro groups is 2. The van der Waals surface area contributed by atoms with Crippen LogP contribution in [0.15, 0.2) is 97.1 Å². The number of hydrogen-bond donors (Lipinski definition) is 2. The molecular weight excluding hydrogens is 827 g/mol. The van der Waals surface area contributed by atoms with Gasteiger partial charge in [-0.1, -0.05) is 48.5 Å². The summed E-state index contributed by atoms with van der Waals surface area (Å²) in [6, 6.07) is 24.8. The maximum atomic E-state index is 13.2. The largest absolute Gasteiger partial charge is 0.513 e. The van der Waals surface area contributed by atoms with Crippen LogP contribution in [0.1, 0.15) is 36.3 Å². The van der Waals surface area contributed by atoms with Crippen molar-refractivity contribution in [2.75, 3.05) is 46.1 Å². The van der Waals surface area contributed by atoms with Gasteiger partial charge in [-0.3, -0.25) is 20.2 Å². The highest BCUT2D eigenvalue weighted by molar-refractivity contribution is 7.87. The van der Waals surface area contributed by atoms with Gasteiger partial charge in [0.05, 0.1) is 16.5 Å². The molecule has 2 N–H and O–H groups in total. The van der Waals surface area contributed by atoms with E-state index in [9.17, 15) is 47.8 Å². The zero-order valence-electron chi connectivity index (χ0n) is 32.2. The summed E-state index contributed by atoms with van der Waals surface area (Å²) in [7, 11) is -4.71. The summed E-state index contributed by atoms with van der Waals surface area (Å²) in [4.78, 5) is 69.6. The van der Waals surface area contributed by atoms with Crippen LogP contribution in [0.3, 0.4) is 0 Å². The van der Waals surface area contributed by atoms with Crippen LogP contribution in [0, 0.1) is 20.2 Å². The fourth-order valence-corrected chi connectivity index (χ4v) is 6.97. The van der Waals surface area contributed by atoms with Gasteiger partial charge in [-0.15, -0.1) is 0 Å². The monoisotopic (exact) mass is 865 g/mol. The second-order valence-electron chi connectivity index (χ2n) is 12.9. The number of benzene rings is 4. The Morgan fingerprint density at radius 3 is 1.59 bits per heavy atom. The van der Waals surface area contributed by atoms with Gasteiger partial charge in [-0.25, -0.2) is 23.9 Å². The zero-order chi connectivity index (χ0) is 43.8. The van der Waals surface area contributed by atoms with E-state index in [-0.39, 0.29) is 48.6 Å². The highest BCUT2D eigenvalue weighted by atomic mass is 32.2. The van der Waals surface area contributed by atoms with Gasteiger partial charge in [0.15, 0.2) is 0 Å². The summed E-state index contributed by atoms with van der Waals surface area (Å²) < 4.78 is 58.8. The molecule has 0 atom stereocenters. The third kappa shape index (κ3) is 13.3. The van der Waals surface area contributed by atoms with Gasteiger partial charge in [-0.05, 0) is 65.8 Å². The average molecular weight is 866 g/mol. The molecule has 0 aliphatic heterocycles. The summed E-state index contributed by atoms with van der Waals surface area (Å²) in [5, 5.41) is 24.4. The van der Waals surface area contributed by atoms with E-state index in [1.165, 1.54) is 0 Å². The van der Waals surface area contributed by atoms with Gasteiger partial charge in [0.25, 0.3) is 11.4 Å². The van der Waals surface area contributed by atoms with Crippen molar-refractivity contribution in [1.82, 2.24) is 14.3 Å². The minimum atomic E-state index is -4.71. The average Bonchev–Trinajstić information content (AvgIpc) is 3.55. The highest BCUT2D eigenvalue weighted by Gasteiger charge is 2.29. The number of unbranched alkanes of at least 4 members (excludes halogenated alkanes) is 2. The van der Waals surface area contributed by atoms with Crippen LogP contribution < -0.4 is 19.5 Å². The predicted octanol–water partition coefficient (Wildman–Crippen LogP) is 6.22. The van der Waals surface area contributed by atoms with Gasteiger partial charge in [0.2, 0.25) is 0 Å². The number of hydrogen-bond acceptors (Lipinski definition) is 16. The predicted molar refractivity (Wildman–Crippen MR) is 212 cm³/mol. The van der Waals surface area contributed by atoms with Gasteiger partial charge in [0, 0.05) is 49.8 Å². The Morgan fingerprint density at radius 1 is 0.607 bits per heavy atom. The number of nitro benzene ring substituents is 2. The van der Waals surface area contributed by atoms with Crippen LogP contribution >= 0.6 is 0 Å². The third-order valence-electron chi connectivity index (χ3n) is 8.84. The lowest BCUT2D eigenvalue weighted by atomic mass is 9.98. The number of carbonyl (C=O) groups excluding carboxylic acids is 4. The first-order valence-electron chi connectivity index (χ1n) is 18.5. The fourth-order valence-electron chi connectivity index (χ4n) is 5.94. The molecule has 1 aliphatic carbocycles. The SMILES string of the molecule is O=C(NCCCCCOC(=O)NS(=O)(=O)N(CCOC(=O)Oc1ccc([N+](=O)[O-])cc1)CCOC(=O)Oc1ccc([N+](=O)[O-])cc1)OCC1c2ccccc2-c2ccccc21. The summed E-state index contributed by atoms with van der Waals surface area (Å²) >= 11 is 0. The van der Waals surface area contributed by atoms with E-state index in [0.29, 0.717) is 23.6 Å². The molecule has 61 heavy (non-hydrogen) atoms. The number of nitrogens with one attached hydrogen (secondary N) is 2. The fraction of sp³-hybridized carbons (Fsp3) is 0.282. The van der Waals surface area contributed by atoms with Crippen LogP contribution in [0.4, 0.5) is 30.6 Å². The normalized spacial score (nSPS) is 11.7. The molecule has 0 heterocycles. The molecule has 1 aliphatic rings. The summed E-state index contributed by atoms with van der Waals surface area (Å²) in [5.74, 6) is -0.285. The molecule has 0 radical (unpaired) electrons. The number of ether oxygens (including phenoxy) is 6. The van der Waals surface area contributed by atoms with Gasteiger partial charge >= 0.3 is 34.7 Å². The minimum absolute atomic E-state index is 0.0841. The second-order valence-corrected chi connectivity index (χ2v) is 14.5. The van der Waals surface area contributed by atoms with Crippen LogP contribution in [-0.4, -0.2) is 93.1 Å². The Hall–Kier alpha value is -7.33. The lowest BCUT2D eigenvalue weighted by Crippen LogP contribution is -2.46. The Morgan fingerprint density at radius 2 is 1.10 bits per heavy atom. The van der Waals surface area contributed by atoms with Crippen molar-refractivity contribution < 1.29 is 65.9 Å². The molecule has 21 nitrogen and oxygen atoms in total. The summed E-state index contributed by atoms with van der Waals surface area (Å²) in [6.45, 7) is -2.17. The maximum Gasteiger partial charge on any atom is 0.513 e. The Labute approximate surface area is 347 Å². The molecule has 0 saturated carbocycles. The van der Waals surface area contributed by atoms with Gasteiger partial charge in [0.1, 0.15) is 31.3 Å². The smallest absolute Gasteiger partial charge is 0.449 e. The topological polar surface area (TPSA) is 271 Å². The molecular formula is C39H39N5O16S. The quantitative estimate of drug-likeness (QED) is 0.0249. The van der Waals surface area contributed by atoms with E-state index in [0.717, 1.165) is 70.8 Å². The van der Waals surface area contributed by atoms with Crippen molar-refractivity contribution in [3.8, 4) is 22.6 Å². The van der Waals surface area contributed by atoms with Gasteiger partial charge in [-0.2, -0.15) is 12.7 Å². The maximum absolute atomic E-state index is 13.2. The number of amides is 2. The molecule has 0 fully saturated rings. The standard InChI is InChI=1S/C39H39N5O16S/c45-36(58-26-35-33-10-4-2-8-31(33)32-9-3-5-11-34(32)35)40-20-6-1-7-23-55-37(46)41-61(53,54)42(21-24-56-38(47)59-29-16-12-27(13-17-29)43(49)50)22-25-57-39(48)60-30-18-14-28(15-19-30)44(51)52/h2-5,8-19,35H,1,6-7,20-26H2,(H,40,45)(H,41,46). The van der Waals surface area contributed by atoms with E-state index >= 15 is 0 Å². The molecule has 5 rings (SSSR count). The van der Waals surface area contributed by atoms with E-state index in [4.69, 9.17) is 28.4 Å². The van der Waals surface area contributed by atoms with Crippen LogP contribution in [0.25, 0.3) is 11.1 Å². The Bertz CT molecular complexity index is 2190. The number of rotatable bonds is 20. The number of carbonyl (C=O) groups is 4. The first kappa shape index (κ1) is 44.8. The van der Waals surface area contributed by atoms with Crippen LogP contribution in [0.2, 0.25) is 0 Å². The number of nitrogens with zero attached hydrogens (tertiary/aromatic N) is 3. The molecule has 0 spiro atoms. The lowest BCUT2D eigenvalue weighted by Gasteiger charge is -2.21. The van der Waals surface area contributed by atoms with Crippen molar-refractivity contribution >= 4 is 46.1 Å². The van der Waals surface area contributed by atoms with Crippen molar-refractivity contribution in [3.05, 3.63) is 128 Å². The zero-order valence-corrected chi connectivity index (χ0v) is 33.0. The van der Waals surface area contributed by atoms with Crippen LogP contribution in [-0.2, 0) is 29.2 Å². The lowest BCUT2D eigenvalue weighted by molar-refractivity contribution is -0.385. The second kappa shape index (κ2) is 21.6. The Kier molecular flexibility index (Phi) is 15.9. The number of alkyl carbamates (subject to hydrolysis) is 1. The van der Waals surface area contributed by atoms with E-state index in [1.807, 2.05) is 48.5 Å². The molecule has 322 valence electrons. The minimum Gasteiger partial charge on any atom is -0.449 e. The van der Waals surface area contributed by atoms with Crippen molar-refractivity contribution in [1.29, 1.82) is 0 Å². The molecule has 0 saturated heterocycles. The molecule has 22 heteroatoms. The molecule has 4 aromatic rings. The van der Waals surface area contributed by atoms with Crippen molar-refractivity contribution in [2.24, 2.45) is 0 Å². The van der Waals surface area contributed by atoms with E-state index in [1.54, 1.807) is 4.72 Å². The molecule has 0 unspecified atom stereocenters. The number of non-ortho nitro benzene ring substituents is 2. The van der Waals surface area contributed by atoms with E-state index in [2.05, 4.69) is 5.32 Å².